The van der Waals surface area contributed by atoms with E-state index in [-0.39, 0.29) is 28.9 Å². The van der Waals surface area contributed by atoms with Crippen LogP contribution in [0.25, 0.3) is 0 Å². The fraction of sp³-hybridized carbons (Fsp3) is 0.500. The molecule has 4 heterocycles. The average Bonchev–Trinajstić information content (AvgIpc) is 3.61. The van der Waals surface area contributed by atoms with Crippen molar-refractivity contribution >= 4 is 23.3 Å². The molecule has 0 aromatic carbocycles. The van der Waals surface area contributed by atoms with E-state index in [1.807, 2.05) is 20.0 Å². The van der Waals surface area contributed by atoms with Crippen LogP contribution < -0.4 is 15.7 Å². The predicted molar refractivity (Wildman–Crippen MR) is 131 cm³/mol. The van der Waals surface area contributed by atoms with Crippen molar-refractivity contribution in [3.8, 4) is 0 Å². The number of piperazine rings is 1. The van der Waals surface area contributed by atoms with Crippen molar-refractivity contribution < 1.29 is 9.60 Å². The maximum absolute atomic E-state index is 14.6. The number of hydrogen-bond acceptors (Lipinski definition) is 8. The third-order valence-electron chi connectivity index (χ3n) is 7.04. The SMILES string of the molecule is Cc1cc(Nc2nc(/N=c3/cc(C4CC4)c(F)c(C)n3O)ncc2N2CCN(C)[C@H](C)C2)nn1C. The highest BCUT2D eigenvalue weighted by Gasteiger charge is 2.29. The highest BCUT2D eigenvalue weighted by atomic mass is 19.1. The van der Waals surface area contributed by atoms with Crippen LogP contribution >= 0.6 is 0 Å². The molecule has 1 saturated heterocycles. The van der Waals surface area contributed by atoms with E-state index in [0.717, 1.165) is 48.6 Å². The molecular weight excluding hydrogens is 449 g/mol. The number of aromatic nitrogens is 5. The van der Waals surface area contributed by atoms with Gasteiger partial charge in [-0.25, -0.2) is 9.37 Å². The van der Waals surface area contributed by atoms with Gasteiger partial charge in [-0.3, -0.25) is 4.68 Å². The van der Waals surface area contributed by atoms with Gasteiger partial charge < -0.3 is 20.3 Å². The molecule has 35 heavy (non-hydrogen) atoms. The Morgan fingerprint density at radius 2 is 1.94 bits per heavy atom. The van der Waals surface area contributed by atoms with Gasteiger partial charge >= 0.3 is 0 Å². The lowest BCUT2D eigenvalue weighted by molar-refractivity contribution is 0.160. The molecule has 1 atom stereocenters. The van der Waals surface area contributed by atoms with E-state index in [0.29, 0.717) is 23.2 Å². The molecule has 5 rings (SSSR count). The van der Waals surface area contributed by atoms with E-state index in [1.54, 1.807) is 16.9 Å². The Labute approximate surface area is 203 Å². The minimum absolute atomic E-state index is 0.124. The summed E-state index contributed by atoms with van der Waals surface area (Å²) in [6, 6.07) is 3.92. The summed E-state index contributed by atoms with van der Waals surface area (Å²) < 4.78 is 17.2. The molecule has 0 radical (unpaired) electrons. The van der Waals surface area contributed by atoms with Crippen molar-refractivity contribution in [3.63, 3.8) is 0 Å². The second-order valence-corrected chi connectivity index (χ2v) is 9.65. The summed E-state index contributed by atoms with van der Waals surface area (Å²) in [4.78, 5) is 18.2. The predicted octanol–water partition coefficient (Wildman–Crippen LogP) is 3.00. The first-order valence-electron chi connectivity index (χ1n) is 12.0. The molecule has 3 aromatic rings. The minimum Gasteiger partial charge on any atom is -0.427 e. The van der Waals surface area contributed by atoms with E-state index < -0.39 is 0 Å². The van der Waals surface area contributed by atoms with E-state index in [2.05, 4.69) is 44.2 Å². The number of likely N-dealkylation sites (N-methyl/N-ethyl adjacent to an activating group) is 1. The summed E-state index contributed by atoms with van der Waals surface area (Å²) >= 11 is 0. The first-order valence-corrected chi connectivity index (χ1v) is 12.0. The Kier molecular flexibility index (Phi) is 5.96. The molecule has 0 unspecified atom stereocenters. The molecule has 1 saturated carbocycles. The summed E-state index contributed by atoms with van der Waals surface area (Å²) in [5.41, 5.74) is 2.77. The standard InChI is InChI=1S/C24H32FN9O/c1-14-10-20(30-32(14)5)27-23-19(33-9-8-31(4)15(2)13-33)12-26-24(29-23)28-21-11-18(17-6-7-17)22(25)16(3)34(21)35/h10-12,15,17,35H,6-9,13H2,1-5H3,(H,26,27,29,30)/b28-21-/t15-/m1/s1. The molecule has 0 amide bonds. The number of halogens is 1. The zero-order valence-electron chi connectivity index (χ0n) is 20.8. The number of nitrogens with one attached hydrogen (secondary N) is 1. The maximum Gasteiger partial charge on any atom is 0.253 e. The molecule has 2 N–H and O–H groups in total. The minimum atomic E-state index is -0.387. The van der Waals surface area contributed by atoms with E-state index in [9.17, 15) is 9.60 Å². The smallest absolute Gasteiger partial charge is 0.253 e. The van der Waals surface area contributed by atoms with Gasteiger partial charge in [-0.05, 0) is 58.2 Å². The molecular formula is C24H32FN9O. The van der Waals surface area contributed by atoms with Crippen LogP contribution in [-0.2, 0) is 7.05 Å². The first kappa shape index (κ1) is 23.3. The molecule has 0 spiro atoms. The van der Waals surface area contributed by atoms with Crippen LogP contribution in [0.3, 0.4) is 0 Å². The largest absolute Gasteiger partial charge is 0.427 e. The van der Waals surface area contributed by atoms with Gasteiger partial charge in [0.1, 0.15) is 5.82 Å². The van der Waals surface area contributed by atoms with Crippen molar-refractivity contribution in [3.05, 3.63) is 46.6 Å². The summed E-state index contributed by atoms with van der Waals surface area (Å²) in [6.45, 7) is 8.32. The second kappa shape index (κ2) is 8.95. The number of anilines is 3. The van der Waals surface area contributed by atoms with Crippen molar-refractivity contribution in [1.82, 2.24) is 29.4 Å². The van der Waals surface area contributed by atoms with Gasteiger partial charge in [-0.15, -0.1) is 0 Å². The Hall–Kier alpha value is -3.47. The third kappa shape index (κ3) is 4.60. The molecule has 186 valence electrons. The Morgan fingerprint density at radius 3 is 2.60 bits per heavy atom. The Bertz CT molecular complexity index is 1310. The van der Waals surface area contributed by atoms with Gasteiger partial charge in [0, 0.05) is 44.5 Å². The van der Waals surface area contributed by atoms with Crippen LogP contribution in [0.2, 0.25) is 0 Å². The molecule has 3 aromatic heterocycles. The van der Waals surface area contributed by atoms with Crippen molar-refractivity contribution in [1.29, 1.82) is 0 Å². The molecule has 10 nitrogen and oxygen atoms in total. The highest BCUT2D eigenvalue weighted by molar-refractivity contribution is 5.71. The molecule has 0 bridgehead atoms. The van der Waals surface area contributed by atoms with Gasteiger partial charge in [0.15, 0.2) is 17.1 Å². The zero-order valence-corrected chi connectivity index (χ0v) is 20.8. The van der Waals surface area contributed by atoms with Crippen LogP contribution in [0.5, 0.6) is 0 Å². The number of rotatable bonds is 5. The normalized spacial score (nSPS) is 19.4. The van der Waals surface area contributed by atoms with Crippen molar-refractivity contribution in [2.24, 2.45) is 12.0 Å². The molecule has 11 heteroatoms. The van der Waals surface area contributed by atoms with E-state index in [4.69, 9.17) is 4.98 Å². The summed E-state index contributed by atoms with van der Waals surface area (Å²) in [5.74, 6) is 1.21. The number of hydrogen-bond donors (Lipinski definition) is 2. The summed E-state index contributed by atoms with van der Waals surface area (Å²) in [6.07, 6.45) is 3.64. The van der Waals surface area contributed by atoms with Crippen LogP contribution in [0.1, 0.15) is 42.6 Å². The van der Waals surface area contributed by atoms with Crippen molar-refractivity contribution in [2.75, 3.05) is 36.9 Å². The van der Waals surface area contributed by atoms with Gasteiger partial charge in [-0.1, -0.05) is 0 Å². The lowest BCUT2D eigenvalue weighted by Crippen LogP contribution is -2.50. The second-order valence-electron chi connectivity index (χ2n) is 9.65. The fourth-order valence-corrected chi connectivity index (χ4v) is 4.36. The number of pyridine rings is 1. The maximum atomic E-state index is 14.6. The van der Waals surface area contributed by atoms with Crippen LogP contribution in [-0.4, -0.2) is 67.3 Å². The topological polar surface area (TPSA) is 99.6 Å². The van der Waals surface area contributed by atoms with E-state index in [1.165, 1.54) is 6.92 Å². The lowest BCUT2D eigenvalue weighted by Gasteiger charge is -2.39. The Balaban J connectivity index is 1.57. The van der Waals surface area contributed by atoms with Crippen LogP contribution in [0.15, 0.2) is 23.3 Å². The zero-order chi connectivity index (χ0) is 24.9. The third-order valence-corrected chi connectivity index (χ3v) is 7.04. The number of aryl methyl sites for hydroxylation is 2. The highest BCUT2D eigenvalue weighted by Crippen LogP contribution is 2.41. The summed E-state index contributed by atoms with van der Waals surface area (Å²) in [5, 5.41) is 18.3. The van der Waals surface area contributed by atoms with Crippen molar-refractivity contribution in [2.45, 2.75) is 45.6 Å². The summed E-state index contributed by atoms with van der Waals surface area (Å²) in [7, 11) is 4.01. The van der Waals surface area contributed by atoms with Crippen LogP contribution in [0.4, 0.5) is 27.7 Å². The van der Waals surface area contributed by atoms with E-state index >= 15 is 0 Å². The number of nitrogens with zero attached hydrogens (tertiary/aromatic N) is 8. The Morgan fingerprint density at radius 1 is 1.17 bits per heavy atom. The van der Waals surface area contributed by atoms with Gasteiger partial charge in [0.05, 0.1) is 17.6 Å². The van der Waals surface area contributed by atoms with Gasteiger partial charge in [0.25, 0.3) is 5.95 Å². The van der Waals surface area contributed by atoms with Gasteiger partial charge in [0.2, 0.25) is 0 Å². The molecule has 1 aliphatic carbocycles. The monoisotopic (exact) mass is 481 g/mol. The molecule has 2 aliphatic rings. The molecule has 2 fully saturated rings. The molecule has 1 aliphatic heterocycles. The van der Waals surface area contributed by atoms with Gasteiger partial charge in [-0.2, -0.15) is 19.8 Å². The lowest BCUT2D eigenvalue weighted by atomic mass is 10.1. The van der Waals surface area contributed by atoms with Crippen LogP contribution in [0, 0.1) is 19.7 Å². The first-order chi connectivity index (χ1) is 16.7. The quantitative estimate of drug-likeness (QED) is 0.541. The fourth-order valence-electron chi connectivity index (χ4n) is 4.36. The average molecular weight is 482 g/mol.